The first-order valence-electron chi connectivity index (χ1n) is 5.96. The minimum atomic E-state index is -0.171. The average Bonchev–Trinajstić information content (AvgIpc) is 2.43. The molecule has 102 valence electrons. The van der Waals surface area contributed by atoms with Crippen LogP contribution in [0.3, 0.4) is 0 Å². The molecule has 0 spiro atoms. The lowest BCUT2D eigenvalue weighted by molar-refractivity contribution is -0.120. The van der Waals surface area contributed by atoms with Gasteiger partial charge in [-0.3, -0.25) is 4.79 Å². The van der Waals surface area contributed by atoms with Crippen LogP contribution in [0, 0.1) is 0 Å². The van der Waals surface area contributed by atoms with E-state index in [2.05, 4.69) is 26.5 Å². The van der Waals surface area contributed by atoms with Crippen LogP contribution >= 0.6 is 27.5 Å². The molecule has 0 aromatic heterocycles. The van der Waals surface area contributed by atoms with Crippen LogP contribution in [0.25, 0.3) is 0 Å². The Kier molecular flexibility index (Phi) is 5.32. The average molecular weight is 352 g/mol. The molecule has 2 rings (SSSR count). The number of rotatable bonds is 4. The lowest BCUT2D eigenvalue weighted by Gasteiger charge is -2.01. The predicted molar refractivity (Wildman–Crippen MR) is 85.0 cm³/mol. The second kappa shape index (κ2) is 7.22. The second-order valence-corrected chi connectivity index (χ2v) is 5.44. The smallest absolute Gasteiger partial charge is 0.244 e. The number of hydrogen-bond donors (Lipinski definition) is 1. The van der Waals surface area contributed by atoms with Crippen LogP contribution in [-0.4, -0.2) is 12.1 Å². The van der Waals surface area contributed by atoms with Crippen molar-refractivity contribution in [3.8, 4) is 0 Å². The van der Waals surface area contributed by atoms with Crippen LogP contribution in [0.15, 0.2) is 58.1 Å². The van der Waals surface area contributed by atoms with Gasteiger partial charge in [0.2, 0.25) is 5.91 Å². The molecular weight excluding hydrogens is 340 g/mol. The molecule has 0 atom stereocenters. The highest BCUT2D eigenvalue weighted by molar-refractivity contribution is 9.10. The molecule has 0 aliphatic heterocycles. The summed E-state index contributed by atoms with van der Waals surface area (Å²) in [7, 11) is 0. The lowest BCUT2D eigenvalue weighted by Crippen LogP contribution is -2.19. The van der Waals surface area contributed by atoms with Gasteiger partial charge in [0.1, 0.15) is 0 Å². The summed E-state index contributed by atoms with van der Waals surface area (Å²) >= 11 is 9.33. The number of halogens is 2. The summed E-state index contributed by atoms with van der Waals surface area (Å²) in [4.78, 5) is 11.7. The SMILES string of the molecule is O=C(Cc1ccc(Br)cc1)N/N=C\c1ccccc1Cl. The molecule has 2 aromatic carbocycles. The highest BCUT2D eigenvalue weighted by atomic mass is 79.9. The quantitative estimate of drug-likeness (QED) is 0.661. The monoisotopic (exact) mass is 350 g/mol. The first kappa shape index (κ1) is 14.8. The van der Waals surface area contributed by atoms with Gasteiger partial charge in [0.15, 0.2) is 0 Å². The standard InChI is InChI=1S/C15H12BrClN2O/c16-13-7-5-11(6-8-13)9-15(20)19-18-10-12-3-1-2-4-14(12)17/h1-8,10H,9H2,(H,19,20)/b18-10-. The topological polar surface area (TPSA) is 41.5 Å². The van der Waals surface area contributed by atoms with E-state index in [1.54, 1.807) is 6.07 Å². The van der Waals surface area contributed by atoms with Gasteiger partial charge < -0.3 is 0 Å². The van der Waals surface area contributed by atoms with E-state index >= 15 is 0 Å². The fourth-order valence-corrected chi connectivity index (χ4v) is 2.03. The molecule has 3 nitrogen and oxygen atoms in total. The number of nitrogens with zero attached hydrogens (tertiary/aromatic N) is 1. The number of carbonyl (C=O) groups excluding carboxylic acids is 1. The number of amides is 1. The fraction of sp³-hybridized carbons (Fsp3) is 0.0667. The van der Waals surface area contributed by atoms with E-state index in [0.29, 0.717) is 5.02 Å². The molecule has 1 amide bonds. The molecule has 0 saturated heterocycles. The van der Waals surface area contributed by atoms with E-state index in [1.165, 1.54) is 6.21 Å². The van der Waals surface area contributed by atoms with Crippen LogP contribution in [0.5, 0.6) is 0 Å². The van der Waals surface area contributed by atoms with Crippen molar-refractivity contribution < 1.29 is 4.79 Å². The van der Waals surface area contributed by atoms with Gasteiger partial charge in [-0.2, -0.15) is 5.10 Å². The van der Waals surface area contributed by atoms with Crippen molar-refractivity contribution in [1.29, 1.82) is 0 Å². The fourth-order valence-electron chi connectivity index (χ4n) is 1.58. The second-order valence-electron chi connectivity index (χ2n) is 4.12. The van der Waals surface area contributed by atoms with Crippen LogP contribution in [0.4, 0.5) is 0 Å². The third-order valence-electron chi connectivity index (χ3n) is 2.58. The van der Waals surface area contributed by atoms with Gasteiger partial charge in [0, 0.05) is 15.1 Å². The van der Waals surface area contributed by atoms with Gasteiger partial charge in [-0.25, -0.2) is 5.43 Å². The maximum absolute atomic E-state index is 11.7. The van der Waals surface area contributed by atoms with Crippen molar-refractivity contribution in [1.82, 2.24) is 5.43 Å². The normalized spacial score (nSPS) is 10.7. The van der Waals surface area contributed by atoms with E-state index in [1.807, 2.05) is 42.5 Å². The molecular formula is C15H12BrClN2O. The van der Waals surface area contributed by atoms with E-state index in [0.717, 1.165) is 15.6 Å². The van der Waals surface area contributed by atoms with E-state index in [4.69, 9.17) is 11.6 Å². The van der Waals surface area contributed by atoms with Gasteiger partial charge in [-0.05, 0) is 23.8 Å². The first-order valence-corrected chi connectivity index (χ1v) is 7.13. The Morgan fingerprint density at radius 2 is 1.90 bits per heavy atom. The Morgan fingerprint density at radius 1 is 1.20 bits per heavy atom. The largest absolute Gasteiger partial charge is 0.273 e. The van der Waals surface area contributed by atoms with E-state index in [9.17, 15) is 4.79 Å². The number of hydrazone groups is 1. The molecule has 5 heteroatoms. The zero-order valence-electron chi connectivity index (χ0n) is 10.5. The summed E-state index contributed by atoms with van der Waals surface area (Å²) in [6.07, 6.45) is 1.81. The Bertz CT molecular complexity index is 626. The predicted octanol–water partition coefficient (Wildman–Crippen LogP) is 3.80. The van der Waals surface area contributed by atoms with Crippen LogP contribution < -0.4 is 5.43 Å². The molecule has 0 unspecified atom stereocenters. The first-order chi connectivity index (χ1) is 9.65. The highest BCUT2D eigenvalue weighted by Gasteiger charge is 2.02. The maximum atomic E-state index is 11.7. The van der Waals surface area contributed by atoms with Crippen LogP contribution in [0.1, 0.15) is 11.1 Å². The summed E-state index contributed by atoms with van der Waals surface area (Å²) in [5.41, 5.74) is 4.17. The number of benzene rings is 2. The summed E-state index contributed by atoms with van der Waals surface area (Å²) in [6, 6.07) is 14.9. The zero-order valence-corrected chi connectivity index (χ0v) is 12.9. The van der Waals surface area contributed by atoms with Crippen LogP contribution in [0.2, 0.25) is 5.02 Å². The van der Waals surface area contributed by atoms with Gasteiger partial charge in [-0.1, -0.05) is 57.9 Å². The molecule has 1 N–H and O–H groups in total. The van der Waals surface area contributed by atoms with Crippen molar-refractivity contribution in [3.05, 3.63) is 69.2 Å². The molecule has 0 aliphatic rings. The summed E-state index contributed by atoms with van der Waals surface area (Å²) in [5.74, 6) is -0.171. The molecule has 2 aromatic rings. The van der Waals surface area contributed by atoms with Gasteiger partial charge in [0.25, 0.3) is 0 Å². The Hall–Kier alpha value is -1.65. The Labute approximate surface area is 130 Å². The van der Waals surface area contributed by atoms with Crippen molar-refractivity contribution >= 4 is 39.7 Å². The van der Waals surface area contributed by atoms with Gasteiger partial charge in [0.05, 0.1) is 12.6 Å². The molecule has 0 fully saturated rings. The minimum absolute atomic E-state index is 0.171. The molecule has 0 aliphatic carbocycles. The highest BCUT2D eigenvalue weighted by Crippen LogP contribution is 2.12. The molecule has 0 bridgehead atoms. The summed E-state index contributed by atoms with van der Waals surface area (Å²) in [6.45, 7) is 0. The minimum Gasteiger partial charge on any atom is -0.273 e. The Balaban J connectivity index is 1.89. The molecule has 0 saturated carbocycles. The molecule has 0 heterocycles. The number of carbonyl (C=O) groups is 1. The van der Waals surface area contributed by atoms with Gasteiger partial charge >= 0.3 is 0 Å². The van der Waals surface area contributed by atoms with E-state index in [-0.39, 0.29) is 12.3 Å². The third kappa shape index (κ3) is 4.47. The van der Waals surface area contributed by atoms with Crippen molar-refractivity contribution in [2.24, 2.45) is 5.10 Å². The zero-order chi connectivity index (χ0) is 14.4. The summed E-state index contributed by atoms with van der Waals surface area (Å²) in [5, 5.41) is 4.49. The van der Waals surface area contributed by atoms with Crippen molar-refractivity contribution in [3.63, 3.8) is 0 Å². The van der Waals surface area contributed by atoms with Gasteiger partial charge in [-0.15, -0.1) is 0 Å². The Morgan fingerprint density at radius 3 is 2.60 bits per heavy atom. The maximum Gasteiger partial charge on any atom is 0.244 e. The van der Waals surface area contributed by atoms with Crippen molar-refractivity contribution in [2.45, 2.75) is 6.42 Å². The third-order valence-corrected chi connectivity index (χ3v) is 3.45. The van der Waals surface area contributed by atoms with E-state index < -0.39 is 0 Å². The van der Waals surface area contributed by atoms with Crippen LogP contribution in [-0.2, 0) is 11.2 Å². The number of hydrogen-bond acceptors (Lipinski definition) is 2. The molecule has 20 heavy (non-hydrogen) atoms. The number of nitrogens with one attached hydrogen (secondary N) is 1. The molecule has 0 radical (unpaired) electrons. The lowest BCUT2D eigenvalue weighted by atomic mass is 10.1. The van der Waals surface area contributed by atoms with Crippen molar-refractivity contribution in [2.75, 3.05) is 0 Å². The summed E-state index contributed by atoms with van der Waals surface area (Å²) < 4.78 is 0.985.